The molecule has 1 N–H and O–H groups in total. The molecule has 0 saturated heterocycles. The number of benzene rings is 1. The normalized spacial score (nSPS) is 10.7. The van der Waals surface area contributed by atoms with E-state index in [2.05, 4.69) is 21.4 Å². The fourth-order valence-electron chi connectivity index (χ4n) is 0.816. The van der Waals surface area contributed by atoms with Gasteiger partial charge in [0, 0.05) is 5.04 Å². The van der Waals surface area contributed by atoms with Gasteiger partial charge in [0.1, 0.15) is 11.2 Å². The molecule has 0 aliphatic rings. The third-order valence-corrected chi connectivity index (χ3v) is 2.25. The van der Waals surface area contributed by atoms with E-state index >= 15 is 0 Å². The van der Waals surface area contributed by atoms with Crippen molar-refractivity contribution < 1.29 is 27.8 Å². The second-order valence-electron chi connectivity index (χ2n) is 2.34. The van der Waals surface area contributed by atoms with Gasteiger partial charge >= 0.3 is 0 Å². The fraction of sp³-hybridized carbons (Fsp3) is 0. The Labute approximate surface area is 86.3 Å². The minimum Gasteiger partial charge on any atom is -0.308 e. The van der Waals surface area contributed by atoms with Crippen molar-refractivity contribution in [2.24, 2.45) is 0 Å². The molecule has 1 rings (SSSR count). The van der Waals surface area contributed by atoms with Gasteiger partial charge in [-0.2, -0.15) is 8.42 Å². The van der Waals surface area contributed by atoms with Gasteiger partial charge in [0.2, 0.25) is 0 Å². The lowest BCUT2D eigenvalue weighted by molar-refractivity contribution is -0.439. The van der Waals surface area contributed by atoms with E-state index < -0.39 is 15.0 Å². The highest BCUT2D eigenvalue weighted by atomic mass is 32.2. The molecule has 0 aromatic heterocycles. The van der Waals surface area contributed by atoms with E-state index in [4.69, 9.17) is 4.55 Å². The Bertz CT molecular complexity index is 438. The zero-order chi connectivity index (χ0) is 11.3. The van der Waals surface area contributed by atoms with Crippen LogP contribution in [0.15, 0.2) is 42.0 Å². The lowest BCUT2D eigenvalue weighted by Crippen LogP contribution is -2.03. The zero-order valence-electron chi connectivity index (χ0n) is 7.49. The number of rotatable bonds is 5. The monoisotopic (exact) mass is 232 g/mol. The van der Waals surface area contributed by atoms with E-state index in [1.165, 1.54) is 18.2 Å². The molecule has 0 fully saturated rings. The molecular weight excluding hydrogens is 224 g/mol. The third kappa shape index (κ3) is 3.24. The minimum absolute atomic E-state index is 0.193. The van der Waals surface area contributed by atoms with Crippen LogP contribution in [0.3, 0.4) is 0 Å². The summed E-state index contributed by atoms with van der Waals surface area (Å²) >= 11 is 0. The molecule has 0 radical (unpaired) electrons. The highest BCUT2D eigenvalue weighted by Gasteiger charge is 2.16. The maximum Gasteiger partial charge on any atom is 0.298 e. The summed E-state index contributed by atoms with van der Waals surface area (Å²) in [6.07, 6.45) is 0.941. The van der Waals surface area contributed by atoms with Crippen LogP contribution in [-0.4, -0.2) is 13.0 Å². The molecule has 0 saturated carbocycles. The molecule has 0 bridgehead atoms. The van der Waals surface area contributed by atoms with Gasteiger partial charge in [-0.05, 0) is 12.1 Å². The van der Waals surface area contributed by atoms with Crippen LogP contribution in [0.4, 0.5) is 0 Å². The summed E-state index contributed by atoms with van der Waals surface area (Å²) in [5, 5.41) is 4.11. The van der Waals surface area contributed by atoms with E-state index in [0.717, 1.165) is 12.3 Å². The number of para-hydroxylation sites is 1. The van der Waals surface area contributed by atoms with Crippen molar-refractivity contribution >= 4 is 10.1 Å². The van der Waals surface area contributed by atoms with Gasteiger partial charge < -0.3 is 4.89 Å². The van der Waals surface area contributed by atoms with Gasteiger partial charge in [0.15, 0.2) is 5.75 Å². The summed E-state index contributed by atoms with van der Waals surface area (Å²) < 4.78 is 30.5. The fourth-order valence-corrected chi connectivity index (χ4v) is 1.42. The van der Waals surface area contributed by atoms with Gasteiger partial charge in [-0.3, -0.25) is 9.44 Å². The molecule has 82 valence electrons. The van der Waals surface area contributed by atoms with Crippen LogP contribution in [0.2, 0.25) is 0 Å². The Morgan fingerprint density at radius 2 is 2.00 bits per heavy atom. The number of hydrogen-bond acceptors (Lipinski definition) is 5. The first-order valence-electron chi connectivity index (χ1n) is 3.73. The third-order valence-electron chi connectivity index (χ3n) is 1.36. The van der Waals surface area contributed by atoms with Crippen LogP contribution in [0, 0.1) is 0 Å². The second kappa shape index (κ2) is 4.78. The van der Waals surface area contributed by atoms with Gasteiger partial charge in [-0.15, -0.1) is 0 Å². The van der Waals surface area contributed by atoms with E-state index in [1.807, 2.05) is 0 Å². The molecular formula is C8H8O6S. The summed E-state index contributed by atoms with van der Waals surface area (Å²) in [5.41, 5.74) is 0. The van der Waals surface area contributed by atoms with Gasteiger partial charge in [0.25, 0.3) is 10.1 Å². The van der Waals surface area contributed by atoms with Gasteiger partial charge in [-0.1, -0.05) is 18.7 Å². The molecule has 0 amide bonds. The van der Waals surface area contributed by atoms with Crippen LogP contribution in [0.25, 0.3) is 0 Å². The predicted molar refractivity (Wildman–Crippen MR) is 49.3 cm³/mol. The minimum atomic E-state index is -4.36. The molecule has 1 aromatic rings. The van der Waals surface area contributed by atoms with Crippen molar-refractivity contribution in [1.82, 2.24) is 0 Å². The molecule has 7 heteroatoms. The lowest BCUT2D eigenvalue weighted by Gasteiger charge is -2.04. The molecule has 15 heavy (non-hydrogen) atoms. The van der Waals surface area contributed by atoms with Crippen LogP contribution < -0.4 is 4.89 Å². The average molecular weight is 232 g/mol. The predicted octanol–water partition coefficient (Wildman–Crippen LogP) is 1.32. The number of hydrogen-bond donors (Lipinski definition) is 1. The average Bonchev–Trinajstić information content (AvgIpc) is 2.17. The van der Waals surface area contributed by atoms with Crippen molar-refractivity contribution in [1.29, 1.82) is 0 Å². The van der Waals surface area contributed by atoms with E-state index in [9.17, 15) is 8.42 Å². The lowest BCUT2D eigenvalue weighted by atomic mass is 10.3. The van der Waals surface area contributed by atoms with Crippen molar-refractivity contribution in [2.45, 2.75) is 4.90 Å². The first kappa shape index (κ1) is 11.5. The summed E-state index contributed by atoms with van der Waals surface area (Å²) in [6, 6.07) is 5.36. The Hall–Kier alpha value is -1.57. The molecule has 0 heterocycles. The summed E-state index contributed by atoms with van der Waals surface area (Å²) in [6.45, 7) is 3.17. The molecule has 0 aliphatic heterocycles. The first-order chi connectivity index (χ1) is 7.05. The molecule has 0 atom stereocenters. The topological polar surface area (TPSA) is 82.1 Å². The van der Waals surface area contributed by atoms with Crippen molar-refractivity contribution in [3.05, 3.63) is 37.1 Å². The maximum absolute atomic E-state index is 10.8. The summed E-state index contributed by atoms with van der Waals surface area (Å²) in [4.78, 5) is 8.22. The molecule has 1 aromatic carbocycles. The van der Waals surface area contributed by atoms with Crippen LogP contribution >= 0.6 is 0 Å². The standard InChI is InChI=1S/C8H8O6S/c1-2-12-14-13-7-5-3-4-6-8(7)15(9,10)11/h2-6H,1H2,(H,9,10,11). The van der Waals surface area contributed by atoms with Crippen molar-refractivity contribution in [3.63, 3.8) is 0 Å². The maximum atomic E-state index is 10.8. The zero-order valence-corrected chi connectivity index (χ0v) is 8.31. The van der Waals surface area contributed by atoms with Gasteiger partial charge in [0.05, 0.1) is 0 Å². The van der Waals surface area contributed by atoms with E-state index in [1.54, 1.807) is 0 Å². The smallest absolute Gasteiger partial charge is 0.298 e. The van der Waals surface area contributed by atoms with Crippen LogP contribution in [0.5, 0.6) is 5.75 Å². The molecule has 0 aliphatic carbocycles. The summed E-state index contributed by atoms with van der Waals surface area (Å²) in [5.74, 6) is -0.193. The quantitative estimate of drug-likeness (QED) is 0.271. The SMILES string of the molecule is C=COOOc1ccccc1S(=O)(=O)O. The highest BCUT2D eigenvalue weighted by molar-refractivity contribution is 7.86. The molecule has 0 unspecified atom stereocenters. The summed E-state index contributed by atoms with van der Waals surface area (Å²) in [7, 11) is -4.36. The van der Waals surface area contributed by atoms with E-state index in [0.29, 0.717) is 0 Å². The van der Waals surface area contributed by atoms with Crippen molar-refractivity contribution in [3.8, 4) is 5.75 Å². The Morgan fingerprint density at radius 3 is 2.60 bits per heavy atom. The Morgan fingerprint density at radius 1 is 1.33 bits per heavy atom. The van der Waals surface area contributed by atoms with Gasteiger partial charge in [-0.25, -0.2) is 0 Å². The molecule has 0 spiro atoms. The van der Waals surface area contributed by atoms with Crippen LogP contribution in [-0.2, 0) is 20.0 Å². The van der Waals surface area contributed by atoms with E-state index in [-0.39, 0.29) is 5.75 Å². The first-order valence-corrected chi connectivity index (χ1v) is 5.17. The highest BCUT2D eigenvalue weighted by Crippen LogP contribution is 2.22. The van der Waals surface area contributed by atoms with Crippen LogP contribution in [0.1, 0.15) is 0 Å². The second-order valence-corrected chi connectivity index (χ2v) is 3.73. The molecule has 6 nitrogen and oxygen atoms in total. The Balaban J connectivity index is 2.92. The van der Waals surface area contributed by atoms with Crippen molar-refractivity contribution in [2.75, 3.05) is 0 Å². The largest absolute Gasteiger partial charge is 0.308 e. The Kier molecular flexibility index (Phi) is 3.67.